The van der Waals surface area contributed by atoms with Crippen molar-refractivity contribution >= 4 is 44.0 Å². The average Bonchev–Trinajstić information content (AvgIpc) is 2.66. The third-order valence-electron chi connectivity index (χ3n) is 3.58. The Kier molecular flexibility index (Phi) is 6.36. The van der Waals surface area contributed by atoms with Gasteiger partial charge < -0.3 is 4.74 Å². The van der Waals surface area contributed by atoms with Crippen LogP contribution in [0.3, 0.4) is 0 Å². The van der Waals surface area contributed by atoms with Gasteiger partial charge in [0, 0.05) is 6.21 Å². The number of halogens is 2. The van der Waals surface area contributed by atoms with E-state index in [-0.39, 0.29) is 0 Å². The van der Waals surface area contributed by atoms with E-state index in [1.54, 1.807) is 30.5 Å². The molecule has 3 aromatic carbocycles. The quantitative estimate of drug-likeness (QED) is 0.257. The predicted octanol–water partition coefficient (Wildman–Crippen LogP) is 6.05. The van der Waals surface area contributed by atoms with E-state index in [1.165, 1.54) is 0 Å². The molecule has 0 spiro atoms. The lowest BCUT2D eigenvalue weighted by Crippen LogP contribution is -2.09. The molecule has 0 aliphatic rings. The summed E-state index contributed by atoms with van der Waals surface area (Å²) in [4.78, 5) is 16.7. The first kappa shape index (κ1) is 18.5. The van der Waals surface area contributed by atoms with E-state index in [2.05, 4.69) is 36.9 Å². The van der Waals surface area contributed by atoms with Crippen molar-refractivity contribution < 1.29 is 9.53 Å². The van der Waals surface area contributed by atoms with Gasteiger partial charge in [0.15, 0.2) is 5.75 Å². The topological polar surface area (TPSA) is 38.7 Å². The van der Waals surface area contributed by atoms with E-state index in [0.29, 0.717) is 26.8 Å². The summed E-state index contributed by atoms with van der Waals surface area (Å²) < 4.78 is 6.87. The van der Waals surface area contributed by atoms with Crippen LogP contribution < -0.4 is 4.74 Å². The van der Waals surface area contributed by atoms with E-state index in [0.717, 1.165) is 11.1 Å². The highest BCUT2D eigenvalue weighted by Crippen LogP contribution is 2.35. The molecule has 3 nitrogen and oxygen atoms in total. The Morgan fingerprint density at radius 2 is 1.50 bits per heavy atom. The van der Waals surface area contributed by atoms with Gasteiger partial charge in [0.1, 0.15) is 0 Å². The van der Waals surface area contributed by atoms with Crippen LogP contribution in [0.2, 0.25) is 0 Å². The molecule has 0 aliphatic carbocycles. The third-order valence-corrected chi connectivity index (χ3v) is 4.76. The van der Waals surface area contributed by atoms with Crippen LogP contribution in [0.15, 0.2) is 86.7 Å². The first-order valence-electron chi connectivity index (χ1n) is 7.93. The van der Waals surface area contributed by atoms with E-state index >= 15 is 0 Å². The summed E-state index contributed by atoms with van der Waals surface area (Å²) in [6.07, 6.45) is 1.80. The molecule has 5 heteroatoms. The minimum Gasteiger partial charge on any atom is -0.421 e. The normalized spacial score (nSPS) is 10.8. The van der Waals surface area contributed by atoms with Gasteiger partial charge >= 0.3 is 5.97 Å². The number of aliphatic imine (C=N–C) groups is 1. The fourth-order valence-corrected chi connectivity index (χ4v) is 3.70. The van der Waals surface area contributed by atoms with E-state index in [4.69, 9.17) is 4.74 Å². The highest BCUT2D eigenvalue weighted by molar-refractivity contribution is 9.11. The maximum Gasteiger partial charge on any atom is 0.343 e. The first-order valence-corrected chi connectivity index (χ1v) is 9.52. The number of esters is 1. The van der Waals surface area contributed by atoms with Crippen LogP contribution in [0, 0.1) is 0 Å². The molecule has 0 saturated carbocycles. The highest BCUT2D eigenvalue weighted by atomic mass is 79.9. The van der Waals surface area contributed by atoms with Crippen molar-refractivity contribution in [3.05, 3.63) is 98.4 Å². The van der Waals surface area contributed by atoms with Gasteiger partial charge in [-0.2, -0.15) is 0 Å². The van der Waals surface area contributed by atoms with Crippen LogP contribution in [0.4, 0.5) is 0 Å². The second-order valence-electron chi connectivity index (χ2n) is 5.52. The summed E-state index contributed by atoms with van der Waals surface area (Å²) in [5, 5.41) is 0. The number of rotatable bonds is 5. The number of benzene rings is 3. The number of carbonyl (C=O) groups excluding carboxylic acids is 1. The Hall–Kier alpha value is -2.24. The molecule has 0 heterocycles. The van der Waals surface area contributed by atoms with Crippen LogP contribution in [0.25, 0.3) is 0 Å². The Morgan fingerprint density at radius 1 is 0.923 bits per heavy atom. The van der Waals surface area contributed by atoms with Gasteiger partial charge in [-0.05, 0) is 67.3 Å². The molecule has 0 fully saturated rings. The minimum atomic E-state index is -0.405. The minimum absolute atomic E-state index is 0.405. The zero-order valence-electron chi connectivity index (χ0n) is 13.7. The molecular formula is C21H15Br2NO2. The van der Waals surface area contributed by atoms with Crippen molar-refractivity contribution in [1.29, 1.82) is 0 Å². The van der Waals surface area contributed by atoms with Gasteiger partial charge in [0.2, 0.25) is 0 Å². The number of ether oxygens (including phenoxy) is 1. The van der Waals surface area contributed by atoms with E-state index in [1.807, 2.05) is 48.5 Å². The molecule has 3 rings (SSSR count). The molecule has 0 unspecified atom stereocenters. The number of hydrogen-bond acceptors (Lipinski definition) is 3. The SMILES string of the molecule is O=C(Oc1c(Br)cc(C=NCc2ccccc2)cc1Br)c1ccccc1. The molecule has 0 aromatic heterocycles. The Bertz CT molecular complexity index is 902. The molecule has 0 radical (unpaired) electrons. The molecular weight excluding hydrogens is 458 g/mol. The van der Waals surface area contributed by atoms with Crippen LogP contribution in [0.1, 0.15) is 21.5 Å². The highest BCUT2D eigenvalue weighted by Gasteiger charge is 2.14. The molecule has 0 N–H and O–H groups in total. The summed E-state index contributed by atoms with van der Waals surface area (Å²) in [5.41, 5.74) is 2.55. The summed E-state index contributed by atoms with van der Waals surface area (Å²) in [6.45, 7) is 0.612. The van der Waals surface area contributed by atoms with Gasteiger partial charge in [-0.1, -0.05) is 48.5 Å². The molecule has 26 heavy (non-hydrogen) atoms. The van der Waals surface area contributed by atoms with Crippen LogP contribution in [-0.2, 0) is 6.54 Å². The summed E-state index contributed by atoms with van der Waals surface area (Å²) >= 11 is 6.93. The monoisotopic (exact) mass is 471 g/mol. The van der Waals surface area contributed by atoms with Crippen molar-refractivity contribution in [2.24, 2.45) is 4.99 Å². The number of nitrogens with zero attached hydrogens (tertiary/aromatic N) is 1. The second-order valence-corrected chi connectivity index (χ2v) is 7.23. The van der Waals surface area contributed by atoms with Crippen molar-refractivity contribution in [3.63, 3.8) is 0 Å². The molecule has 0 bridgehead atoms. The van der Waals surface area contributed by atoms with Crippen molar-refractivity contribution in [1.82, 2.24) is 0 Å². The first-order chi connectivity index (χ1) is 12.6. The lowest BCUT2D eigenvalue weighted by Gasteiger charge is -2.09. The molecule has 130 valence electrons. The fourth-order valence-electron chi connectivity index (χ4n) is 2.32. The summed E-state index contributed by atoms with van der Waals surface area (Å²) in [7, 11) is 0. The lowest BCUT2D eigenvalue weighted by atomic mass is 10.2. The standard InChI is InChI=1S/C21H15Br2NO2/c22-18-11-16(14-24-13-15-7-3-1-4-8-15)12-19(23)20(18)26-21(25)17-9-5-2-6-10-17/h1-12,14H,13H2. The molecule has 0 amide bonds. The van der Waals surface area contributed by atoms with Crippen LogP contribution in [0.5, 0.6) is 5.75 Å². The smallest absolute Gasteiger partial charge is 0.343 e. The number of carbonyl (C=O) groups is 1. The third kappa shape index (κ3) is 4.90. The van der Waals surface area contributed by atoms with E-state index in [9.17, 15) is 4.79 Å². The van der Waals surface area contributed by atoms with Gasteiger partial charge in [-0.25, -0.2) is 4.79 Å². The molecule has 0 atom stereocenters. The second kappa shape index (κ2) is 8.92. The zero-order valence-corrected chi connectivity index (χ0v) is 16.9. The Labute approximate surface area is 169 Å². The number of hydrogen-bond donors (Lipinski definition) is 0. The summed E-state index contributed by atoms with van der Waals surface area (Å²) in [6, 6.07) is 22.7. The maximum atomic E-state index is 12.2. The Morgan fingerprint density at radius 3 is 2.12 bits per heavy atom. The van der Waals surface area contributed by atoms with Crippen molar-refractivity contribution in [3.8, 4) is 5.75 Å². The van der Waals surface area contributed by atoms with Gasteiger partial charge in [-0.15, -0.1) is 0 Å². The van der Waals surface area contributed by atoms with Crippen molar-refractivity contribution in [2.75, 3.05) is 0 Å². The maximum absolute atomic E-state index is 12.2. The van der Waals surface area contributed by atoms with Crippen LogP contribution in [-0.4, -0.2) is 12.2 Å². The molecule has 0 aliphatic heterocycles. The Balaban J connectivity index is 1.73. The van der Waals surface area contributed by atoms with Crippen LogP contribution >= 0.6 is 31.9 Å². The molecule has 0 saturated heterocycles. The van der Waals surface area contributed by atoms with Gasteiger partial charge in [-0.3, -0.25) is 4.99 Å². The average molecular weight is 473 g/mol. The van der Waals surface area contributed by atoms with Gasteiger partial charge in [0.05, 0.1) is 21.1 Å². The summed E-state index contributed by atoms with van der Waals surface area (Å²) in [5.74, 6) is 0.0385. The van der Waals surface area contributed by atoms with Crippen molar-refractivity contribution in [2.45, 2.75) is 6.54 Å². The largest absolute Gasteiger partial charge is 0.421 e. The predicted molar refractivity (Wildman–Crippen MR) is 111 cm³/mol. The zero-order chi connectivity index (χ0) is 18.4. The van der Waals surface area contributed by atoms with Gasteiger partial charge in [0.25, 0.3) is 0 Å². The van der Waals surface area contributed by atoms with E-state index < -0.39 is 5.97 Å². The molecule has 3 aromatic rings. The lowest BCUT2D eigenvalue weighted by molar-refractivity contribution is 0.0732. The fraction of sp³-hybridized carbons (Fsp3) is 0.0476.